The number of ether oxygens (including phenoxy) is 1. The average molecular weight is 258 g/mol. The maximum absolute atomic E-state index is 9.79. The first-order chi connectivity index (χ1) is 9.13. The van der Waals surface area contributed by atoms with Crippen molar-refractivity contribution in [1.82, 2.24) is 0 Å². The summed E-state index contributed by atoms with van der Waals surface area (Å²) in [6.07, 6.45) is 1.52. The van der Waals surface area contributed by atoms with Gasteiger partial charge in [-0.1, -0.05) is 19.9 Å². The van der Waals surface area contributed by atoms with Crippen LogP contribution < -0.4 is 4.74 Å². The van der Waals surface area contributed by atoms with E-state index in [9.17, 15) is 10.2 Å². The van der Waals surface area contributed by atoms with Crippen molar-refractivity contribution in [2.75, 3.05) is 0 Å². The fraction of sp³-hybridized carbons (Fsp3) is 0.250. The van der Waals surface area contributed by atoms with E-state index >= 15 is 0 Å². The van der Waals surface area contributed by atoms with Gasteiger partial charge in [-0.05, 0) is 48.2 Å². The minimum Gasteiger partial charge on any atom is -0.508 e. The van der Waals surface area contributed by atoms with Crippen LogP contribution in [0.15, 0.2) is 36.4 Å². The molecule has 0 amide bonds. The molecule has 2 rings (SSSR count). The second-order valence-corrected chi connectivity index (χ2v) is 4.39. The summed E-state index contributed by atoms with van der Waals surface area (Å²) in [6, 6.07) is 10.4. The maximum atomic E-state index is 9.79. The Hall–Kier alpha value is -2.16. The first kappa shape index (κ1) is 13.3. The Morgan fingerprint density at radius 3 is 2.05 bits per heavy atom. The first-order valence-corrected chi connectivity index (χ1v) is 6.45. The second kappa shape index (κ2) is 5.65. The van der Waals surface area contributed by atoms with Crippen LogP contribution in [0.5, 0.6) is 23.0 Å². The van der Waals surface area contributed by atoms with Crippen LogP contribution >= 0.6 is 0 Å². The number of hydrogen-bond acceptors (Lipinski definition) is 3. The van der Waals surface area contributed by atoms with Crippen LogP contribution in [-0.2, 0) is 12.8 Å². The minimum atomic E-state index is 0.245. The largest absolute Gasteiger partial charge is 0.508 e. The third-order valence-electron chi connectivity index (χ3n) is 3.11. The molecular weight excluding hydrogens is 240 g/mol. The molecule has 0 radical (unpaired) electrons. The van der Waals surface area contributed by atoms with Gasteiger partial charge in [0.2, 0.25) is 0 Å². The summed E-state index contributed by atoms with van der Waals surface area (Å²) in [7, 11) is 0. The minimum absolute atomic E-state index is 0.245. The van der Waals surface area contributed by atoms with Crippen molar-refractivity contribution in [2.45, 2.75) is 26.7 Å². The molecule has 0 aliphatic heterocycles. The molecule has 2 aromatic rings. The molecular formula is C16H18O3. The molecule has 0 aliphatic carbocycles. The van der Waals surface area contributed by atoms with E-state index in [1.165, 1.54) is 0 Å². The van der Waals surface area contributed by atoms with Crippen LogP contribution in [0, 0.1) is 0 Å². The molecule has 0 spiro atoms. The monoisotopic (exact) mass is 258 g/mol. The molecule has 0 aliphatic rings. The fourth-order valence-corrected chi connectivity index (χ4v) is 1.95. The highest BCUT2D eigenvalue weighted by atomic mass is 16.5. The lowest BCUT2D eigenvalue weighted by Gasteiger charge is -2.10. The van der Waals surface area contributed by atoms with Gasteiger partial charge >= 0.3 is 0 Å². The predicted molar refractivity (Wildman–Crippen MR) is 75.0 cm³/mol. The van der Waals surface area contributed by atoms with Crippen molar-refractivity contribution in [3.8, 4) is 23.0 Å². The number of benzene rings is 2. The van der Waals surface area contributed by atoms with Crippen LogP contribution in [0.25, 0.3) is 0 Å². The summed E-state index contributed by atoms with van der Waals surface area (Å²) in [5, 5.41) is 19.4. The Bertz CT molecular complexity index is 576. The van der Waals surface area contributed by atoms with Gasteiger partial charge in [-0.2, -0.15) is 0 Å². The molecule has 0 saturated heterocycles. The van der Waals surface area contributed by atoms with Crippen molar-refractivity contribution < 1.29 is 14.9 Å². The van der Waals surface area contributed by atoms with Gasteiger partial charge in [0.15, 0.2) is 0 Å². The molecule has 0 bridgehead atoms. The summed E-state index contributed by atoms with van der Waals surface area (Å²) in [5.41, 5.74) is 1.74. The molecule has 0 saturated carbocycles. The van der Waals surface area contributed by atoms with E-state index in [0.717, 1.165) is 24.0 Å². The highest BCUT2D eigenvalue weighted by Crippen LogP contribution is 2.30. The van der Waals surface area contributed by atoms with Crippen LogP contribution in [-0.4, -0.2) is 10.2 Å². The van der Waals surface area contributed by atoms with E-state index in [-0.39, 0.29) is 11.5 Å². The highest BCUT2D eigenvalue weighted by molar-refractivity contribution is 5.44. The van der Waals surface area contributed by atoms with Crippen molar-refractivity contribution >= 4 is 0 Å². The molecule has 0 aromatic heterocycles. The van der Waals surface area contributed by atoms with Crippen LogP contribution in [0.2, 0.25) is 0 Å². The van der Waals surface area contributed by atoms with Crippen LogP contribution in [0.3, 0.4) is 0 Å². The van der Waals surface area contributed by atoms with Crippen molar-refractivity contribution in [1.29, 1.82) is 0 Å². The quantitative estimate of drug-likeness (QED) is 0.871. The molecule has 0 fully saturated rings. The van der Waals surface area contributed by atoms with Gasteiger partial charge in [-0.15, -0.1) is 0 Å². The lowest BCUT2D eigenvalue weighted by Crippen LogP contribution is -1.89. The zero-order chi connectivity index (χ0) is 13.8. The molecule has 2 N–H and O–H groups in total. The lowest BCUT2D eigenvalue weighted by molar-refractivity contribution is 0.446. The van der Waals surface area contributed by atoms with E-state index in [0.29, 0.717) is 11.5 Å². The van der Waals surface area contributed by atoms with Gasteiger partial charge in [-0.3, -0.25) is 0 Å². The third-order valence-corrected chi connectivity index (χ3v) is 3.11. The Labute approximate surface area is 113 Å². The van der Waals surface area contributed by atoms with E-state index in [4.69, 9.17) is 4.74 Å². The highest BCUT2D eigenvalue weighted by Gasteiger charge is 2.05. The third kappa shape index (κ3) is 2.99. The smallest absolute Gasteiger partial charge is 0.131 e. The summed E-state index contributed by atoms with van der Waals surface area (Å²) in [4.78, 5) is 0. The van der Waals surface area contributed by atoms with E-state index in [2.05, 4.69) is 0 Å². The summed E-state index contributed by atoms with van der Waals surface area (Å²) in [5.74, 6) is 1.76. The molecule has 0 atom stereocenters. The zero-order valence-electron chi connectivity index (χ0n) is 11.2. The zero-order valence-corrected chi connectivity index (χ0v) is 11.2. The average Bonchev–Trinajstić information content (AvgIpc) is 2.41. The number of phenolic OH excluding ortho intramolecular Hbond substituents is 2. The number of aromatic hydroxyl groups is 2. The SMILES string of the molecule is CCc1ccc(Oc2ccc(O)c(CC)c2)cc1O. The maximum Gasteiger partial charge on any atom is 0.131 e. The van der Waals surface area contributed by atoms with Crippen LogP contribution in [0.1, 0.15) is 25.0 Å². The van der Waals surface area contributed by atoms with Gasteiger partial charge in [-0.25, -0.2) is 0 Å². The molecule has 100 valence electrons. The topological polar surface area (TPSA) is 49.7 Å². The Morgan fingerprint density at radius 2 is 1.42 bits per heavy atom. The van der Waals surface area contributed by atoms with E-state index in [1.54, 1.807) is 24.3 Å². The van der Waals surface area contributed by atoms with Crippen LogP contribution in [0.4, 0.5) is 0 Å². The number of phenols is 2. The van der Waals surface area contributed by atoms with Crippen molar-refractivity contribution in [3.05, 3.63) is 47.5 Å². The molecule has 0 heterocycles. The molecule has 19 heavy (non-hydrogen) atoms. The normalized spacial score (nSPS) is 10.4. The van der Waals surface area contributed by atoms with Gasteiger partial charge in [0.05, 0.1) is 0 Å². The lowest BCUT2D eigenvalue weighted by atomic mass is 10.1. The molecule has 3 heteroatoms. The summed E-state index contributed by atoms with van der Waals surface area (Å²) < 4.78 is 5.69. The molecule has 2 aromatic carbocycles. The first-order valence-electron chi connectivity index (χ1n) is 6.45. The van der Waals surface area contributed by atoms with Gasteiger partial charge in [0.1, 0.15) is 23.0 Å². The number of aryl methyl sites for hydroxylation is 2. The summed E-state index contributed by atoms with van der Waals surface area (Å²) in [6.45, 7) is 3.96. The van der Waals surface area contributed by atoms with E-state index in [1.807, 2.05) is 26.0 Å². The summed E-state index contributed by atoms with van der Waals surface area (Å²) >= 11 is 0. The Morgan fingerprint density at radius 1 is 0.789 bits per heavy atom. The second-order valence-electron chi connectivity index (χ2n) is 4.39. The van der Waals surface area contributed by atoms with Gasteiger partial charge in [0, 0.05) is 6.07 Å². The Balaban J connectivity index is 2.23. The predicted octanol–water partition coefficient (Wildman–Crippen LogP) is 4.01. The molecule has 0 unspecified atom stereocenters. The number of rotatable bonds is 4. The number of hydrogen-bond donors (Lipinski definition) is 2. The van der Waals surface area contributed by atoms with Gasteiger partial charge in [0.25, 0.3) is 0 Å². The van der Waals surface area contributed by atoms with Crippen molar-refractivity contribution in [2.24, 2.45) is 0 Å². The van der Waals surface area contributed by atoms with E-state index < -0.39 is 0 Å². The fourth-order valence-electron chi connectivity index (χ4n) is 1.95. The Kier molecular flexibility index (Phi) is 3.95. The standard InChI is InChI=1S/C16H18O3/c1-3-11-5-6-14(10-16(11)18)19-13-7-8-15(17)12(4-2)9-13/h5-10,17-18H,3-4H2,1-2H3. The molecule has 3 nitrogen and oxygen atoms in total. The van der Waals surface area contributed by atoms with Crippen molar-refractivity contribution in [3.63, 3.8) is 0 Å². The van der Waals surface area contributed by atoms with Gasteiger partial charge < -0.3 is 14.9 Å².